The molecule has 0 saturated heterocycles. The summed E-state index contributed by atoms with van der Waals surface area (Å²) >= 11 is 0. The number of carbonyl (C=O) groups is 2. The largest absolute Gasteiger partial charge is 0.326 e. The molecule has 2 amide bonds. The summed E-state index contributed by atoms with van der Waals surface area (Å²) in [6, 6.07) is 15.9. The summed E-state index contributed by atoms with van der Waals surface area (Å²) in [5.74, 6) is -0.245. The highest BCUT2D eigenvalue weighted by molar-refractivity contribution is 6.05. The van der Waals surface area contributed by atoms with E-state index >= 15 is 0 Å². The van der Waals surface area contributed by atoms with Crippen LogP contribution in [0.25, 0.3) is 5.69 Å². The van der Waals surface area contributed by atoms with Crippen LogP contribution in [-0.4, -0.2) is 21.2 Å². The fourth-order valence-corrected chi connectivity index (χ4v) is 3.19. The monoisotopic (exact) mass is 390 g/mol. The molecule has 2 N–H and O–H groups in total. The number of amides is 2. The maximum Gasteiger partial charge on any atom is 0.295 e. The molecule has 1 aliphatic carbocycles. The van der Waals surface area contributed by atoms with Gasteiger partial charge in [-0.1, -0.05) is 18.2 Å². The molecule has 0 unspecified atom stereocenters. The zero-order valence-electron chi connectivity index (χ0n) is 16.3. The molecule has 0 spiro atoms. The molecule has 7 heteroatoms. The Balaban J connectivity index is 1.54. The average Bonchev–Trinajstić information content (AvgIpc) is 3.55. The van der Waals surface area contributed by atoms with Crippen LogP contribution in [0.5, 0.6) is 0 Å². The van der Waals surface area contributed by atoms with Gasteiger partial charge in [0, 0.05) is 24.2 Å². The molecule has 0 atom stereocenters. The normalized spacial score (nSPS) is 13.2. The number of rotatable bonds is 5. The van der Waals surface area contributed by atoms with E-state index in [1.807, 2.05) is 30.3 Å². The van der Waals surface area contributed by atoms with E-state index in [1.54, 1.807) is 42.9 Å². The number of carbonyl (C=O) groups excluding carboxylic acids is 2. The van der Waals surface area contributed by atoms with E-state index in [2.05, 4.69) is 10.6 Å². The van der Waals surface area contributed by atoms with Gasteiger partial charge in [0.2, 0.25) is 5.91 Å². The van der Waals surface area contributed by atoms with Crippen molar-refractivity contribution in [2.45, 2.75) is 19.8 Å². The predicted molar refractivity (Wildman–Crippen MR) is 111 cm³/mol. The van der Waals surface area contributed by atoms with Crippen LogP contribution in [-0.2, 0) is 11.8 Å². The summed E-state index contributed by atoms with van der Waals surface area (Å²) in [6.45, 7) is 1.78. The maximum absolute atomic E-state index is 12.9. The van der Waals surface area contributed by atoms with Gasteiger partial charge in [0.05, 0.1) is 11.4 Å². The zero-order chi connectivity index (χ0) is 20.5. The van der Waals surface area contributed by atoms with Gasteiger partial charge in [0.1, 0.15) is 5.69 Å². The summed E-state index contributed by atoms with van der Waals surface area (Å²) in [4.78, 5) is 37.4. The Hall–Kier alpha value is -3.61. The lowest BCUT2D eigenvalue weighted by atomic mass is 10.2. The number of benzene rings is 2. The second-order valence-electron chi connectivity index (χ2n) is 7.23. The molecule has 0 aliphatic heterocycles. The number of anilines is 2. The molecule has 1 heterocycles. The molecular formula is C22H22N4O3. The van der Waals surface area contributed by atoms with Gasteiger partial charge < -0.3 is 10.6 Å². The average molecular weight is 390 g/mol. The standard InChI is InChI=1S/C22H22N4O3/c1-14-19(22(29)26(25(14)2)18-6-4-3-5-7-18)24-21(28)16-10-12-17(13-11-16)23-20(27)15-8-9-15/h3-7,10-13,15H,8-9H2,1-2H3,(H,23,27)(H,24,28). The van der Waals surface area contributed by atoms with E-state index in [-0.39, 0.29) is 29.0 Å². The molecule has 1 fully saturated rings. The molecule has 148 valence electrons. The van der Waals surface area contributed by atoms with Gasteiger partial charge in [0.15, 0.2) is 0 Å². The summed E-state index contributed by atoms with van der Waals surface area (Å²) in [7, 11) is 1.77. The minimum Gasteiger partial charge on any atom is -0.326 e. The van der Waals surface area contributed by atoms with Crippen molar-refractivity contribution in [1.82, 2.24) is 9.36 Å². The van der Waals surface area contributed by atoms with E-state index in [0.29, 0.717) is 16.9 Å². The zero-order valence-corrected chi connectivity index (χ0v) is 16.3. The van der Waals surface area contributed by atoms with Gasteiger partial charge in [-0.05, 0) is 56.2 Å². The number of nitrogens with one attached hydrogen (secondary N) is 2. The van der Waals surface area contributed by atoms with Crippen molar-refractivity contribution >= 4 is 23.2 Å². The quantitative estimate of drug-likeness (QED) is 0.702. The minimum absolute atomic E-state index is 0.0172. The molecule has 3 aromatic rings. The Morgan fingerprint density at radius 1 is 0.966 bits per heavy atom. The van der Waals surface area contributed by atoms with Crippen LogP contribution in [0, 0.1) is 12.8 Å². The molecule has 0 bridgehead atoms. The first-order chi connectivity index (χ1) is 14.0. The topological polar surface area (TPSA) is 85.1 Å². The first-order valence-electron chi connectivity index (χ1n) is 9.52. The predicted octanol–water partition coefficient (Wildman–Crippen LogP) is 3.09. The van der Waals surface area contributed by atoms with Crippen LogP contribution >= 0.6 is 0 Å². The molecule has 4 rings (SSSR count). The Labute approximate surface area is 167 Å². The van der Waals surface area contributed by atoms with Gasteiger partial charge in [-0.15, -0.1) is 0 Å². The SMILES string of the molecule is Cc1c(NC(=O)c2ccc(NC(=O)C3CC3)cc2)c(=O)n(-c2ccccc2)n1C. The van der Waals surface area contributed by atoms with Gasteiger partial charge in [-0.25, -0.2) is 4.68 Å². The van der Waals surface area contributed by atoms with Crippen molar-refractivity contribution in [2.75, 3.05) is 10.6 Å². The molecule has 2 aromatic carbocycles. The van der Waals surface area contributed by atoms with Crippen molar-refractivity contribution in [3.8, 4) is 5.69 Å². The Kier molecular flexibility index (Phi) is 4.80. The number of para-hydroxylation sites is 1. The molecular weight excluding hydrogens is 368 g/mol. The molecule has 29 heavy (non-hydrogen) atoms. The molecule has 1 aliphatic rings. The minimum atomic E-state index is -0.379. The fourth-order valence-electron chi connectivity index (χ4n) is 3.19. The van der Waals surface area contributed by atoms with E-state index in [4.69, 9.17) is 0 Å². The van der Waals surface area contributed by atoms with Crippen LogP contribution in [0.1, 0.15) is 28.9 Å². The Bertz CT molecular complexity index is 1120. The van der Waals surface area contributed by atoms with Gasteiger partial charge in [-0.3, -0.25) is 19.1 Å². The Morgan fingerprint density at radius 2 is 1.62 bits per heavy atom. The van der Waals surface area contributed by atoms with Crippen molar-refractivity contribution in [1.29, 1.82) is 0 Å². The summed E-state index contributed by atoms with van der Waals surface area (Å²) in [5.41, 5.74) is 2.38. The van der Waals surface area contributed by atoms with E-state index < -0.39 is 0 Å². The highest BCUT2D eigenvalue weighted by Crippen LogP contribution is 2.30. The van der Waals surface area contributed by atoms with Crippen LogP contribution < -0.4 is 16.2 Å². The lowest BCUT2D eigenvalue weighted by Crippen LogP contribution is -2.23. The molecule has 0 radical (unpaired) electrons. The van der Waals surface area contributed by atoms with Crippen LogP contribution in [0.4, 0.5) is 11.4 Å². The highest BCUT2D eigenvalue weighted by atomic mass is 16.2. The number of hydrogen-bond acceptors (Lipinski definition) is 3. The molecule has 1 saturated carbocycles. The van der Waals surface area contributed by atoms with Crippen molar-refractivity contribution in [3.05, 3.63) is 76.2 Å². The maximum atomic E-state index is 12.9. The van der Waals surface area contributed by atoms with Gasteiger partial charge in [-0.2, -0.15) is 0 Å². The van der Waals surface area contributed by atoms with Crippen LogP contribution in [0.2, 0.25) is 0 Å². The third kappa shape index (κ3) is 3.71. The van der Waals surface area contributed by atoms with E-state index in [1.165, 1.54) is 4.68 Å². The van der Waals surface area contributed by atoms with E-state index in [9.17, 15) is 14.4 Å². The molecule has 1 aromatic heterocycles. The summed E-state index contributed by atoms with van der Waals surface area (Å²) < 4.78 is 3.23. The first kappa shape index (κ1) is 18.7. The third-order valence-corrected chi connectivity index (χ3v) is 5.16. The van der Waals surface area contributed by atoms with Crippen molar-refractivity contribution in [2.24, 2.45) is 13.0 Å². The first-order valence-corrected chi connectivity index (χ1v) is 9.52. The van der Waals surface area contributed by atoms with E-state index in [0.717, 1.165) is 18.5 Å². The fraction of sp³-hybridized carbons (Fsp3) is 0.227. The van der Waals surface area contributed by atoms with Gasteiger partial charge in [0.25, 0.3) is 11.5 Å². The summed E-state index contributed by atoms with van der Waals surface area (Å²) in [5, 5.41) is 5.57. The van der Waals surface area contributed by atoms with Crippen molar-refractivity contribution < 1.29 is 9.59 Å². The summed E-state index contributed by atoms with van der Waals surface area (Å²) in [6.07, 6.45) is 1.87. The number of hydrogen-bond donors (Lipinski definition) is 2. The lowest BCUT2D eigenvalue weighted by molar-refractivity contribution is -0.117. The molecule has 7 nitrogen and oxygen atoms in total. The third-order valence-electron chi connectivity index (χ3n) is 5.16. The van der Waals surface area contributed by atoms with Crippen LogP contribution in [0.15, 0.2) is 59.4 Å². The van der Waals surface area contributed by atoms with Crippen LogP contribution in [0.3, 0.4) is 0 Å². The van der Waals surface area contributed by atoms with Crippen molar-refractivity contribution in [3.63, 3.8) is 0 Å². The lowest BCUT2D eigenvalue weighted by Gasteiger charge is -2.07. The Morgan fingerprint density at radius 3 is 2.24 bits per heavy atom. The highest BCUT2D eigenvalue weighted by Gasteiger charge is 2.29. The van der Waals surface area contributed by atoms with Gasteiger partial charge >= 0.3 is 0 Å². The number of nitrogens with zero attached hydrogens (tertiary/aromatic N) is 2. The second kappa shape index (κ2) is 7.43. The second-order valence-corrected chi connectivity index (χ2v) is 7.23. The number of aromatic nitrogens is 2. The smallest absolute Gasteiger partial charge is 0.295 e.